The van der Waals surface area contributed by atoms with Crippen LogP contribution in [0.4, 0.5) is 14.6 Å². The highest BCUT2D eigenvalue weighted by atomic mass is 35.5. The molecule has 0 saturated heterocycles. The van der Waals surface area contributed by atoms with E-state index in [4.69, 9.17) is 27.7 Å². The summed E-state index contributed by atoms with van der Waals surface area (Å²) >= 11 is 12.3. The van der Waals surface area contributed by atoms with Gasteiger partial charge in [-0.25, -0.2) is 8.78 Å². The normalized spacial score (nSPS) is 18.1. The Bertz CT molecular complexity index is 1210. The molecular formula is C27H27Cl2F2N3O. The summed E-state index contributed by atoms with van der Waals surface area (Å²) in [7, 11) is 0. The molecule has 1 aromatic heterocycles. The molecule has 184 valence electrons. The molecule has 4 rings (SSSR count). The topological polar surface area (TPSA) is 50.1 Å². The summed E-state index contributed by atoms with van der Waals surface area (Å²) in [5.41, 5.74) is 5.69. The second kappa shape index (κ2) is 10.9. The Morgan fingerprint density at radius 3 is 2.51 bits per heavy atom. The third-order valence-electron chi connectivity index (χ3n) is 6.40. The second-order valence-electron chi connectivity index (χ2n) is 8.96. The van der Waals surface area contributed by atoms with Crippen LogP contribution >= 0.6 is 23.2 Å². The number of hydrogen-bond donors (Lipinski definition) is 2. The van der Waals surface area contributed by atoms with Crippen LogP contribution < -0.4 is 10.6 Å². The van der Waals surface area contributed by atoms with Gasteiger partial charge in [-0.3, -0.25) is 0 Å². The molecule has 3 aromatic rings. The number of rotatable bonds is 8. The number of nitrogens with zero attached hydrogens (tertiary/aromatic N) is 1. The SMILES string of the molecule is C=C=C(N[C@H]1CC[C@H](CNc2nocc2-c2ccc(Cl)cc2)CC1)c1cc(C(C)(F)F)ccc1Cl. The van der Waals surface area contributed by atoms with E-state index in [-0.39, 0.29) is 11.6 Å². The van der Waals surface area contributed by atoms with Gasteiger partial charge in [0.2, 0.25) is 0 Å². The molecule has 0 bridgehead atoms. The summed E-state index contributed by atoms with van der Waals surface area (Å²) in [6.07, 6.45) is 5.50. The average molecular weight is 518 g/mol. The number of halogens is 4. The molecule has 2 N–H and O–H groups in total. The minimum Gasteiger partial charge on any atom is -0.375 e. The van der Waals surface area contributed by atoms with Crippen LogP contribution in [0.1, 0.15) is 43.7 Å². The second-order valence-corrected chi connectivity index (χ2v) is 9.81. The quantitative estimate of drug-likeness (QED) is 0.296. The summed E-state index contributed by atoms with van der Waals surface area (Å²) in [4.78, 5) is 0. The maximum absolute atomic E-state index is 13.8. The van der Waals surface area contributed by atoms with E-state index in [1.165, 1.54) is 18.2 Å². The van der Waals surface area contributed by atoms with Gasteiger partial charge in [0.15, 0.2) is 5.82 Å². The van der Waals surface area contributed by atoms with Crippen molar-refractivity contribution in [3.8, 4) is 11.1 Å². The van der Waals surface area contributed by atoms with Crippen molar-refractivity contribution in [1.82, 2.24) is 10.5 Å². The first-order valence-electron chi connectivity index (χ1n) is 11.5. The van der Waals surface area contributed by atoms with Crippen molar-refractivity contribution in [3.63, 3.8) is 0 Å². The van der Waals surface area contributed by atoms with Gasteiger partial charge in [0.05, 0.1) is 16.3 Å². The lowest BCUT2D eigenvalue weighted by atomic mass is 9.85. The number of hydrogen-bond acceptors (Lipinski definition) is 4. The Morgan fingerprint density at radius 1 is 1.14 bits per heavy atom. The van der Waals surface area contributed by atoms with Gasteiger partial charge in [-0.2, -0.15) is 0 Å². The largest absolute Gasteiger partial charge is 0.375 e. The van der Waals surface area contributed by atoms with Crippen LogP contribution in [0.25, 0.3) is 16.8 Å². The maximum Gasteiger partial charge on any atom is 0.270 e. The smallest absolute Gasteiger partial charge is 0.270 e. The fraction of sp³-hybridized carbons (Fsp3) is 0.333. The van der Waals surface area contributed by atoms with Crippen molar-refractivity contribution in [2.45, 2.75) is 44.6 Å². The molecule has 8 heteroatoms. The molecule has 0 amide bonds. The molecule has 1 fully saturated rings. The van der Waals surface area contributed by atoms with E-state index < -0.39 is 5.92 Å². The lowest BCUT2D eigenvalue weighted by Gasteiger charge is -2.30. The van der Waals surface area contributed by atoms with Crippen molar-refractivity contribution >= 4 is 34.7 Å². The molecule has 0 spiro atoms. The Balaban J connectivity index is 1.33. The van der Waals surface area contributed by atoms with Crippen LogP contribution in [0, 0.1) is 5.92 Å². The molecule has 0 radical (unpaired) electrons. The fourth-order valence-electron chi connectivity index (χ4n) is 4.37. The first-order valence-corrected chi connectivity index (χ1v) is 12.3. The van der Waals surface area contributed by atoms with E-state index in [0.717, 1.165) is 50.3 Å². The molecule has 1 heterocycles. The van der Waals surface area contributed by atoms with E-state index in [1.807, 2.05) is 24.3 Å². The highest BCUT2D eigenvalue weighted by Crippen LogP contribution is 2.34. The summed E-state index contributed by atoms with van der Waals surface area (Å²) < 4.78 is 32.8. The van der Waals surface area contributed by atoms with Crippen LogP contribution in [-0.2, 0) is 5.92 Å². The predicted octanol–water partition coefficient (Wildman–Crippen LogP) is 8.15. The predicted molar refractivity (Wildman–Crippen MR) is 138 cm³/mol. The Morgan fingerprint density at radius 2 is 1.86 bits per heavy atom. The number of benzene rings is 2. The van der Waals surface area contributed by atoms with Gasteiger partial charge < -0.3 is 15.2 Å². The van der Waals surface area contributed by atoms with Gasteiger partial charge >= 0.3 is 0 Å². The van der Waals surface area contributed by atoms with Crippen LogP contribution in [0.3, 0.4) is 0 Å². The maximum atomic E-state index is 13.8. The number of aromatic nitrogens is 1. The zero-order valence-electron chi connectivity index (χ0n) is 19.4. The number of anilines is 1. The van der Waals surface area contributed by atoms with E-state index in [1.54, 1.807) is 6.26 Å². The minimum atomic E-state index is -2.95. The number of nitrogens with one attached hydrogen (secondary N) is 2. The lowest BCUT2D eigenvalue weighted by Crippen LogP contribution is -2.33. The van der Waals surface area contributed by atoms with Crippen molar-refractivity contribution in [1.29, 1.82) is 0 Å². The van der Waals surface area contributed by atoms with Gasteiger partial charge in [-0.15, -0.1) is 5.73 Å². The lowest BCUT2D eigenvalue weighted by molar-refractivity contribution is 0.0174. The number of alkyl halides is 2. The van der Waals surface area contributed by atoms with Crippen LogP contribution in [-0.4, -0.2) is 17.7 Å². The van der Waals surface area contributed by atoms with Crippen LogP contribution in [0.2, 0.25) is 10.0 Å². The van der Waals surface area contributed by atoms with E-state index in [9.17, 15) is 8.78 Å². The van der Waals surface area contributed by atoms with Gasteiger partial charge in [0.1, 0.15) is 6.26 Å². The highest BCUT2D eigenvalue weighted by Gasteiger charge is 2.27. The molecule has 0 atom stereocenters. The van der Waals surface area contributed by atoms with E-state index in [0.29, 0.717) is 33.0 Å². The molecule has 35 heavy (non-hydrogen) atoms. The molecular weight excluding hydrogens is 491 g/mol. The van der Waals surface area contributed by atoms with Gasteiger partial charge in [0.25, 0.3) is 5.92 Å². The van der Waals surface area contributed by atoms with Gasteiger partial charge in [-0.05, 0) is 61.4 Å². The molecule has 0 unspecified atom stereocenters. The Hall–Kier alpha value is -2.79. The molecule has 4 nitrogen and oxygen atoms in total. The molecule has 1 aliphatic carbocycles. The zero-order chi connectivity index (χ0) is 25.0. The zero-order valence-corrected chi connectivity index (χ0v) is 20.9. The van der Waals surface area contributed by atoms with Gasteiger partial charge in [0, 0.05) is 35.7 Å². The van der Waals surface area contributed by atoms with Crippen LogP contribution in [0.5, 0.6) is 0 Å². The summed E-state index contributed by atoms with van der Waals surface area (Å²) in [6, 6.07) is 12.0. The summed E-state index contributed by atoms with van der Waals surface area (Å²) in [5, 5.41) is 12.0. The molecule has 1 aliphatic rings. The van der Waals surface area contributed by atoms with Crippen molar-refractivity contribution in [3.05, 3.63) is 82.2 Å². The standard InChI is InChI=1S/C27H27Cl2F2N3O/c1-3-25(22-14-19(27(2,30)31)8-13-24(22)29)33-21-11-4-17(5-12-21)15-32-26-23(16-35-34-26)18-6-9-20(28)10-7-18/h6-10,13-14,16-17,21,33H,1,4-5,11-12,15H2,2H3,(H,32,34)/t17-,21-. The van der Waals surface area contributed by atoms with Crippen molar-refractivity contribution in [2.75, 3.05) is 11.9 Å². The third kappa shape index (κ3) is 6.26. The molecule has 2 aromatic carbocycles. The average Bonchev–Trinajstić information content (AvgIpc) is 3.31. The van der Waals surface area contributed by atoms with Crippen molar-refractivity contribution in [2.24, 2.45) is 5.92 Å². The monoisotopic (exact) mass is 517 g/mol. The Labute approximate surface area is 214 Å². The summed E-state index contributed by atoms with van der Waals surface area (Å²) in [6.45, 7) is 5.40. The molecule has 0 aliphatic heterocycles. The third-order valence-corrected chi connectivity index (χ3v) is 6.98. The van der Waals surface area contributed by atoms with Gasteiger partial charge in [-0.1, -0.05) is 53.1 Å². The minimum absolute atomic E-state index is 0.0907. The fourth-order valence-corrected chi connectivity index (χ4v) is 4.71. The highest BCUT2D eigenvalue weighted by molar-refractivity contribution is 6.32. The first-order chi connectivity index (χ1) is 16.7. The van der Waals surface area contributed by atoms with Crippen LogP contribution in [0.15, 0.2) is 65.6 Å². The Kier molecular flexibility index (Phi) is 7.85. The molecule has 1 saturated carbocycles. The first kappa shape index (κ1) is 25.3. The van der Waals surface area contributed by atoms with Crippen molar-refractivity contribution < 1.29 is 13.3 Å². The summed E-state index contributed by atoms with van der Waals surface area (Å²) in [5.74, 6) is -1.76. The van der Waals surface area contributed by atoms with E-state index in [2.05, 4.69) is 28.1 Å². The van der Waals surface area contributed by atoms with E-state index >= 15 is 0 Å².